The van der Waals surface area contributed by atoms with E-state index in [0.717, 1.165) is 11.8 Å². The molecule has 178 valence electrons. The molecule has 0 aliphatic rings. The minimum absolute atomic E-state index is 0.0219. The molecule has 0 bridgehead atoms. The third-order valence-electron chi connectivity index (χ3n) is 5.43. The van der Waals surface area contributed by atoms with Crippen LogP contribution >= 0.6 is 11.6 Å². The zero-order chi connectivity index (χ0) is 24.8. The van der Waals surface area contributed by atoms with Gasteiger partial charge in [0.05, 0.1) is 29.1 Å². The summed E-state index contributed by atoms with van der Waals surface area (Å²) in [5.41, 5.74) is 2.16. The van der Waals surface area contributed by atoms with Crippen LogP contribution in [-0.4, -0.2) is 45.2 Å². The monoisotopic (exact) mass is 494 g/mol. The van der Waals surface area contributed by atoms with Crippen LogP contribution in [0.2, 0.25) is 5.02 Å². The molecule has 0 fully saturated rings. The van der Waals surface area contributed by atoms with Crippen LogP contribution in [0.25, 0.3) is 22.5 Å². The number of nitrogens with one attached hydrogen (secondary N) is 1. The maximum atomic E-state index is 14.9. The van der Waals surface area contributed by atoms with Gasteiger partial charge in [-0.25, -0.2) is 13.8 Å². The highest BCUT2D eigenvalue weighted by Gasteiger charge is 2.22. The summed E-state index contributed by atoms with van der Waals surface area (Å²) >= 11 is 5.94. The molecule has 0 saturated heterocycles. The molecule has 35 heavy (non-hydrogen) atoms. The van der Waals surface area contributed by atoms with Gasteiger partial charge in [0.15, 0.2) is 0 Å². The second-order valence-electron chi connectivity index (χ2n) is 7.81. The molecule has 2 aromatic carbocycles. The van der Waals surface area contributed by atoms with Crippen molar-refractivity contribution in [3.8, 4) is 22.5 Å². The maximum Gasteiger partial charge on any atom is 0.277 e. The summed E-state index contributed by atoms with van der Waals surface area (Å²) in [6.07, 6.45) is 1.21. The third kappa shape index (κ3) is 5.85. The van der Waals surface area contributed by atoms with Crippen molar-refractivity contribution in [3.63, 3.8) is 0 Å². The van der Waals surface area contributed by atoms with Gasteiger partial charge in [0.2, 0.25) is 0 Å². The molecule has 2 aromatic heterocycles. The molecule has 0 aliphatic heterocycles. The number of aliphatic imine (C=N–C) groups is 1. The number of hydrogen-bond donors (Lipinski definition) is 2. The predicted octanol–water partition coefficient (Wildman–Crippen LogP) is 5.33. The number of hydrogen-bond acceptors (Lipinski definition) is 4. The summed E-state index contributed by atoms with van der Waals surface area (Å²) in [6.45, 7) is -0.732. The van der Waals surface area contributed by atoms with Crippen LogP contribution in [0.5, 0.6) is 0 Å². The van der Waals surface area contributed by atoms with E-state index in [9.17, 15) is 18.7 Å². The van der Waals surface area contributed by atoms with Crippen LogP contribution < -0.4 is 0 Å². The first-order valence-corrected chi connectivity index (χ1v) is 11.2. The number of amides is 1. The summed E-state index contributed by atoms with van der Waals surface area (Å²) in [5, 5.41) is 16.9. The smallest absolute Gasteiger partial charge is 0.277 e. The second-order valence-corrected chi connectivity index (χ2v) is 8.24. The van der Waals surface area contributed by atoms with Crippen LogP contribution in [0.15, 0.2) is 77.9 Å². The van der Waals surface area contributed by atoms with Gasteiger partial charge in [0, 0.05) is 35.5 Å². The van der Waals surface area contributed by atoms with Crippen molar-refractivity contribution < 1.29 is 18.7 Å². The Morgan fingerprint density at radius 2 is 1.94 bits per heavy atom. The van der Waals surface area contributed by atoms with E-state index in [1.54, 1.807) is 54.7 Å². The lowest BCUT2D eigenvalue weighted by Gasteiger charge is -2.14. The van der Waals surface area contributed by atoms with E-state index < -0.39 is 30.4 Å². The Hall–Kier alpha value is -3.75. The fraction of sp³-hybridized carbons (Fsp3) is 0.154. The van der Waals surface area contributed by atoms with Gasteiger partial charge in [0.1, 0.15) is 12.0 Å². The Bertz CT molecular complexity index is 1330. The van der Waals surface area contributed by atoms with Crippen LogP contribution in [-0.2, 0) is 6.42 Å². The molecular weight excluding hydrogens is 474 g/mol. The lowest BCUT2D eigenvalue weighted by molar-refractivity contribution is 0.100. The van der Waals surface area contributed by atoms with Crippen molar-refractivity contribution in [3.05, 3.63) is 95.0 Å². The number of alkyl halides is 1. The number of aromatic amines is 1. The van der Waals surface area contributed by atoms with Crippen molar-refractivity contribution in [1.29, 1.82) is 0 Å². The standard InChI is InChI=1S/C26H21ClF2N4O2/c27-18-9-7-16(8-10-18)23-13-24(33-32-23)25-20(5-3-6-21(25)28)26(35)31-14-17(22(29)15-34)12-19-4-1-2-11-30-19/h1-11,13-14,17,22,34H,12,15H2,(H,32,33)/b31-14+/t17?,22-/m1/s1. The number of carbonyl (C=O) groups is 1. The molecule has 2 N–H and O–H groups in total. The largest absolute Gasteiger partial charge is 0.393 e. The number of rotatable bonds is 8. The Kier molecular flexibility index (Phi) is 7.74. The average Bonchev–Trinajstić information content (AvgIpc) is 3.36. The average molecular weight is 495 g/mol. The van der Waals surface area contributed by atoms with Gasteiger partial charge in [-0.1, -0.05) is 35.9 Å². The van der Waals surface area contributed by atoms with E-state index in [0.29, 0.717) is 16.4 Å². The van der Waals surface area contributed by atoms with E-state index in [-0.39, 0.29) is 23.2 Å². The quantitative estimate of drug-likeness (QED) is 0.324. The molecule has 2 atom stereocenters. The highest BCUT2D eigenvalue weighted by Crippen LogP contribution is 2.30. The van der Waals surface area contributed by atoms with Gasteiger partial charge in [-0.2, -0.15) is 5.10 Å². The molecule has 1 unspecified atom stereocenters. The first-order valence-electron chi connectivity index (χ1n) is 10.8. The number of benzene rings is 2. The lowest BCUT2D eigenvalue weighted by atomic mass is 9.98. The van der Waals surface area contributed by atoms with Gasteiger partial charge in [-0.05, 0) is 48.0 Å². The Morgan fingerprint density at radius 1 is 1.14 bits per heavy atom. The van der Waals surface area contributed by atoms with E-state index in [2.05, 4.69) is 20.2 Å². The number of aliphatic hydroxyl groups is 1. The highest BCUT2D eigenvalue weighted by molar-refractivity contribution is 6.30. The second kappa shape index (κ2) is 11.1. The summed E-state index contributed by atoms with van der Waals surface area (Å²) in [4.78, 5) is 21.0. The Labute approximate surface area is 205 Å². The zero-order valence-corrected chi connectivity index (χ0v) is 19.2. The molecule has 0 saturated carbocycles. The van der Waals surface area contributed by atoms with Crippen molar-refractivity contribution in [1.82, 2.24) is 15.2 Å². The first kappa shape index (κ1) is 24.4. The highest BCUT2D eigenvalue weighted by atomic mass is 35.5. The number of pyridine rings is 1. The SMILES string of the molecule is O=C(/N=C/C(Cc1ccccn1)[C@H](F)CO)c1cccc(F)c1-c1cc(-c2ccc(Cl)cc2)[nH]n1. The van der Waals surface area contributed by atoms with Gasteiger partial charge in [-0.15, -0.1) is 0 Å². The van der Waals surface area contributed by atoms with Crippen LogP contribution in [0, 0.1) is 11.7 Å². The van der Waals surface area contributed by atoms with Crippen molar-refractivity contribution in [2.75, 3.05) is 6.61 Å². The van der Waals surface area contributed by atoms with Crippen molar-refractivity contribution >= 4 is 23.7 Å². The Balaban J connectivity index is 1.62. The number of aromatic nitrogens is 3. The molecule has 0 spiro atoms. The predicted molar refractivity (Wildman–Crippen MR) is 131 cm³/mol. The number of carbonyl (C=O) groups excluding carboxylic acids is 1. The van der Waals surface area contributed by atoms with Gasteiger partial charge in [0.25, 0.3) is 5.91 Å². The van der Waals surface area contributed by atoms with Gasteiger partial charge in [-0.3, -0.25) is 14.9 Å². The van der Waals surface area contributed by atoms with Crippen LogP contribution in [0.1, 0.15) is 16.1 Å². The summed E-state index contributed by atoms with van der Waals surface area (Å²) in [5.74, 6) is -2.30. The molecular formula is C26H21ClF2N4O2. The van der Waals surface area contributed by atoms with Crippen LogP contribution in [0.3, 0.4) is 0 Å². The molecule has 6 nitrogen and oxygen atoms in total. The number of halogens is 3. The van der Waals surface area contributed by atoms with Crippen molar-refractivity contribution in [2.24, 2.45) is 10.9 Å². The Morgan fingerprint density at radius 3 is 2.66 bits per heavy atom. The summed E-state index contributed by atoms with van der Waals surface area (Å²) in [6, 6.07) is 17.9. The van der Waals surface area contributed by atoms with E-state index in [1.807, 2.05) is 0 Å². The van der Waals surface area contributed by atoms with Gasteiger partial charge < -0.3 is 5.11 Å². The molecule has 2 heterocycles. The zero-order valence-electron chi connectivity index (χ0n) is 18.4. The molecule has 9 heteroatoms. The maximum absolute atomic E-state index is 14.9. The van der Waals surface area contributed by atoms with E-state index >= 15 is 0 Å². The number of aliphatic hydroxyl groups excluding tert-OH is 1. The van der Waals surface area contributed by atoms with Gasteiger partial charge >= 0.3 is 0 Å². The first-order chi connectivity index (χ1) is 17.0. The van der Waals surface area contributed by atoms with E-state index in [1.165, 1.54) is 18.2 Å². The summed E-state index contributed by atoms with van der Waals surface area (Å²) in [7, 11) is 0. The van der Waals surface area contributed by atoms with Crippen LogP contribution in [0.4, 0.5) is 8.78 Å². The van der Waals surface area contributed by atoms with Crippen molar-refractivity contribution in [2.45, 2.75) is 12.6 Å². The summed E-state index contributed by atoms with van der Waals surface area (Å²) < 4.78 is 29.2. The molecule has 1 amide bonds. The molecule has 0 radical (unpaired) electrons. The molecule has 0 aliphatic carbocycles. The minimum Gasteiger partial charge on any atom is -0.393 e. The number of H-pyrrole nitrogens is 1. The normalized spacial score (nSPS) is 13.1. The molecule has 4 rings (SSSR count). The third-order valence-corrected chi connectivity index (χ3v) is 5.68. The van der Waals surface area contributed by atoms with E-state index in [4.69, 9.17) is 11.6 Å². The minimum atomic E-state index is -1.64. The fourth-order valence-corrected chi connectivity index (χ4v) is 3.72. The molecule has 4 aromatic rings. The number of nitrogens with zero attached hydrogens (tertiary/aromatic N) is 3. The fourth-order valence-electron chi connectivity index (χ4n) is 3.59. The lowest BCUT2D eigenvalue weighted by Crippen LogP contribution is -2.24. The topological polar surface area (TPSA) is 91.2 Å².